The Kier molecular flexibility index (Phi) is 2.63. The van der Waals surface area contributed by atoms with Crippen LogP contribution in [-0.2, 0) is 4.74 Å². The van der Waals surface area contributed by atoms with E-state index < -0.39 is 0 Å². The van der Waals surface area contributed by atoms with Gasteiger partial charge in [-0.2, -0.15) is 0 Å². The number of anilines is 1. The largest absolute Gasteiger partial charge is 0.383 e. The van der Waals surface area contributed by atoms with Gasteiger partial charge >= 0.3 is 0 Å². The van der Waals surface area contributed by atoms with Gasteiger partial charge in [-0.1, -0.05) is 6.07 Å². The van der Waals surface area contributed by atoms with Crippen LogP contribution < -0.4 is 11.5 Å². The molecule has 0 saturated carbocycles. The van der Waals surface area contributed by atoms with Crippen LogP contribution in [0.1, 0.15) is 31.4 Å². The molecule has 1 fully saturated rings. The van der Waals surface area contributed by atoms with Crippen molar-refractivity contribution in [2.75, 3.05) is 12.3 Å². The zero-order valence-corrected chi connectivity index (χ0v) is 8.94. The van der Waals surface area contributed by atoms with Crippen LogP contribution in [0.5, 0.6) is 0 Å². The molecule has 4 N–H and O–H groups in total. The van der Waals surface area contributed by atoms with Gasteiger partial charge in [0, 0.05) is 18.4 Å². The summed E-state index contributed by atoms with van der Waals surface area (Å²) in [6.45, 7) is 2.82. The third-order valence-corrected chi connectivity index (χ3v) is 3.11. The quantitative estimate of drug-likeness (QED) is 0.765. The molecular weight excluding hydrogens is 190 g/mol. The minimum Gasteiger partial charge on any atom is -0.383 e. The average Bonchev–Trinajstić information content (AvgIpc) is 2.66. The number of aromatic nitrogens is 1. The molecule has 2 atom stereocenters. The van der Waals surface area contributed by atoms with Gasteiger partial charge in [-0.05, 0) is 25.8 Å². The van der Waals surface area contributed by atoms with E-state index in [0.717, 1.165) is 25.0 Å². The van der Waals surface area contributed by atoms with Crippen LogP contribution in [0.4, 0.5) is 5.82 Å². The Hall–Kier alpha value is -1.13. The van der Waals surface area contributed by atoms with E-state index in [9.17, 15) is 0 Å². The van der Waals surface area contributed by atoms with Gasteiger partial charge in [-0.3, -0.25) is 0 Å². The fourth-order valence-corrected chi connectivity index (χ4v) is 2.07. The summed E-state index contributed by atoms with van der Waals surface area (Å²) in [7, 11) is 0. The van der Waals surface area contributed by atoms with Crippen LogP contribution in [0.3, 0.4) is 0 Å². The molecule has 4 nitrogen and oxygen atoms in total. The highest BCUT2D eigenvalue weighted by Gasteiger charge is 2.37. The minimum absolute atomic E-state index is 0.200. The topological polar surface area (TPSA) is 74.2 Å². The maximum absolute atomic E-state index is 6.19. The zero-order valence-electron chi connectivity index (χ0n) is 8.94. The second-order valence-corrected chi connectivity index (χ2v) is 4.22. The Morgan fingerprint density at radius 1 is 1.60 bits per heavy atom. The molecule has 0 amide bonds. The Labute approximate surface area is 89.6 Å². The maximum atomic E-state index is 6.19. The van der Waals surface area contributed by atoms with Gasteiger partial charge in [0.25, 0.3) is 0 Å². The predicted octanol–water partition coefficient (Wildman–Crippen LogP) is 1.23. The molecule has 82 valence electrons. The molecule has 0 bridgehead atoms. The fraction of sp³-hybridized carbons (Fsp3) is 0.545. The Morgan fingerprint density at radius 3 is 3.00 bits per heavy atom. The number of ether oxygens (including phenoxy) is 1. The van der Waals surface area contributed by atoms with E-state index in [1.165, 1.54) is 0 Å². The number of rotatable bonds is 2. The first-order valence-electron chi connectivity index (χ1n) is 5.23. The van der Waals surface area contributed by atoms with Crippen LogP contribution in [0.15, 0.2) is 18.3 Å². The van der Waals surface area contributed by atoms with Crippen molar-refractivity contribution in [2.45, 2.75) is 31.4 Å². The van der Waals surface area contributed by atoms with Crippen molar-refractivity contribution in [3.8, 4) is 0 Å². The molecule has 1 saturated heterocycles. The molecule has 1 aromatic rings. The molecule has 0 radical (unpaired) electrons. The molecule has 2 unspecified atom stereocenters. The highest BCUT2D eigenvalue weighted by atomic mass is 16.5. The van der Waals surface area contributed by atoms with E-state index in [4.69, 9.17) is 16.2 Å². The van der Waals surface area contributed by atoms with Gasteiger partial charge in [0.2, 0.25) is 0 Å². The van der Waals surface area contributed by atoms with Gasteiger partial charge in [0.15, 0.2) is 0 Å². The first kappa shape index (κ1) is 10.4. The molecule has 2 rings (SSSR count). The highest BCUT2D eigenvalue weighted by Crippen LogP contribution is 2.36. The van der Waals surface area contributed by atoms with Crippen LogP contribution in [-0.4, -0.2) is 17.2 Å². The Morgan fingerprint density at radius 2 is 2.40 bits per heavy atom. The number of hydrogen-bond donors (Lipinski definition) is 2. The Balaban J connectivity index is 2.27. The van der Waals surface area contributed by atoms with Crippen molar-refractivity contribution in [1.29, 1.82) is 0 Å². The van der Waals surface area contributed by atoms with E-state index in [1.54, 1.807) is 6.20 Å². The van der Waals surface area contributed by atoms with Gasteiger partial charge < -0.3 is 16.2 Å². The summed E-state index contributed by atoms with van der Waals surface area (Å²) < 4.78 is 5.70. The van der Waals surface area contributed by atoms with E-state index in [2.05, 4.69) is 4.98 Å². The number of pyridine rings is 1. The molecule has 0 aromatic carbocycles. The second-order valence-electron chi connectivity index (χ2n) is 4.22. The van der Waals surface area contributed by atoms with Gasteiger partial charge in [-0.25, -0.2) is 4.98 Å². The number of hydrogen-bond acceptors (Lipinski definition) is 4. The van der Waals surface area contributed by atoms with E-state index >= 15 is 0 Å². The first-order valence-corrected chi connectivity index (χ1v) is 5.23. The van der Waals surface area contributed by atoms with E-state index in [-0.39, 0.29) is 11.6 Å². The lowest BCUT2D eigenvalue weighted by Crippen LogP contribution is -2.38. The molecule has 2 heterocycles. The SMILES string of the molecule is CC1(C(N)c2cccnc2N)CCCO1. The molecule has 15 heavy (non-hydrogen) atoms. The molecular formula is C11H17N3O. The smallest absolute Gasteiger partial charge is 0.128 e. The molecule has 0 aliphatic carbocycles. The summed E-state index contributed by atoms with van der Waals surface area (Å²) in [5, 5.41) is 0. The second kappa shape index (κ2) is 3.79. The van der Waals surface area contributed by atoms with Gasteiger partial charge in [-0.15, -0.1) is 0 Å². The summed E-state index contributed by atoms with van der Waals surface area (Å²) in [5.41, 5.74) is 12.6. The third kappa shape index (κ3) is 1.82. The third-order valence-electron chi connectivity index (χ3n) is 3.11. The van der Waals surface area contributed by atoms with Crippen molar-refractivity contribution in [3.05, 3.63) is 23.9 Å². The molecule has 4 heteroatoms. The standard InChI is InChI=1S/C11H17N3O/c1-11(5-3-7-15-11)9(12)8-4-2-6-14-10(8)13/h2,4,6,9H,3,5,7,12H2,1H3,(H2,13,14). The maximum Gasteiger partial charge on any atom is 0.128 e. The lowest BCUT2D eigenvalue weighted by molar-refractivity contribution is -0.00163. The summed E-state index contributed by atoms with van der Waals surface area (Å²) in [6, 6.07) is 3.57. The monoisotopic (exact) mass is 207 g/mol. The summed E-state index contributed by atoms with van der Waals surface area (Å²) in [4.78, 5) is 4.04. The summed E-state index contributed by atoms with van der Waals surface area (Å²) in [5.74, 6) is 0.502. The summed E-state index contributed by atoms with van der Waals surface area (Å²) in [6.07, 6.45) is 3.70. The summed E-state index contributed by atoms with van der Waals surface area (Å²) >= 11 is 0. The Bertz CT molecular complexity index is 347. The van der Waals surface area contributed by atoms with E-state index in [1.807, 2.05) is 19.1 Å². The van der Waals surface area contributed by atoms with Crippen molar-refractivity contribution in [1.82, 2.24) is 4.98 Å². The van der Waals surface area contributed by atoms with Crippen LogP contribution in [0, 0.1) is 0 Å². The normalized spacial score (nSPS) is 27.9. The molecule has 1 aliphatic rings. The number of nitrogen functional groups attached to an aromatic ring is 1. The van der Waals surface area contributed by atoms with Crippen LogP contribution in [0.2, 0.25) is 0 Å². The predicted molar refractivity (Wildman–Crippen MR) is 59.2 cm³/mol. The lowest BCUT2D eigenvalue weighted by atomic mass is 9.89. The fourth-order valence-electron chi connectivity index (χ4n) is 2.07. The molecule has 0 spiro atoms. The number of nitrogens with zero attached hydrogens (tertiary/aromatic N) is 1. The zero-order chi connectivity index (χ0) is 10.9. The molecule has 1 aliphatic heterocycles. The average molecular weight is 207 g/mol. The highest BCUT2D eigenvalue weighted by molar-refractivity contribution is 5.42. The van der Waals surface area contributed by atoms with Crippen molar-refractivity contribution < 1.29 is 4.74 Å². The van der Waals surface area contributed by atoms with Gasteiger partial charge in [0.1, 0.15) is 5.82 Å². The van der Waals surface area contributed by atoms with Crippen molar-refractivity contribution in [3.63, 3.8) is 0 Å². The van der Waals surface area contributed by atoms with Crippen LogP contribution in [0.25, 0.3) is 0 Å². The number of nitrogens with two attached hydrogens (primary N) is 2. The van der Waals surface area contributed by atoms with Gasteiger partial charge in [0.05, 0.1) is 11.6 Å². The lowest BCUT2D eigenvalue weighted by Gasteiger charge is -2.30. The van der Waals surface area contributed by atoms with Crippen LogP contribution >= 0.6 is 0 Å². The van der Waals surface area contributed by atoms with E-state index in [0.29, 0.717) is 5.82 Å². The first-order chi connectivity index (χ1) is 7.13. The molecule has 1 aromatic heterocycles. The van der Waals surface area contributed by atoms with Crippen molar-refractivity contribution >= 4 is 5.82 Å². The minimum atomic E-state index is -0.294. The van der Waals surface area contributed by atoms with Crippen molar-refractivity contribution in [2.24, 2.45) is 5.73 Å².